The van der Waals surface area contributed by atoms with Crippen LogP contribution in [0.1, 0.15) is 38.2 Å². The zero-order valence-electron chi connectivity index (χ0n) is 10.8. The summed E-state index contributed by atoms with van der Waals surface area (Å²) in [5, 5.41) is 9.83. The average Bonchev–Trinajstić information content (AvgIpc) is 2.37. The molecule has 1 fully saturated rings. The predicted molar refractivity (Wildman–Crippen MR) is 68.8 cm³/mol. The molecule has 0 amide bonds. The van der Waals surface area contributed by atoms with Crippen molar-refractivity contribution in [2.75, 3.05) is 0 Å². The highest BCUT2D eigenvalue weighted by Crippen LogP contribution is 2.32. The van der Waals surface area contributed by atoms with E-state index in [2.05, 4.69) is 0 Å². The maximum atomic E-state index is 11.9. The van der Waals surface area contributed by atoms with Crippen molar-refractivity contribution in [1.82, 2.24) is 0 Å². The van der Waals surface area contributed by atoms with Gasteiger partial charge >= 0.3 is 5.97 Å². The maximum absolute atomic E-state index is 11.9. The van der Waals surface area contributed by atoms with Crippen molar-refractivity contribution in [3.05, 3.63) is 35.9 Å². The largest absolute Gasteiger partial charge is 0.461 e. The lowest BCUT2D eigenvalue weighted by molar-refractivity contribution is -0.152. The van der Waals surface area contributed by atoms with Crippen molar-refractivity contribution in [1.29, 1.82) is 0 Å². The van der Waals surface area contributed by atoms with Crippen LogP contribution in [-0.4, -0.2) is 16.7 Å². The first-order chi connectivity index (χ1) is 8.57. The molecule has 0 bridgehead atoms. The van der Waals surface area contributed by atoms with E-state index >= 15 is 0 Å². The second-order valence-electron chi connectivity index (χ2n) is 5.36. The third-order valence-corrected chi connectivity index (χ3v) is 3.62. The van der Waals surface area contributed by atoms with Crippen molar-refractivity contribution in [2.45, 2.75) is 44.8 Å². The number of carbonyl (C=O) groups excluding carboxylic acids is 1. The van der Waals surface area contributed by atoms with Gasteiger partial charge in [-0.3, -0.25) is 4.79 Å². The summed E-state index contributed by atoms with van der Waals surface area (Å²) in [7, 11) is 0. The fourth-order valence-electron chi connectivity index (χ4n) is 2.32. The minimum absolute atomic E-state index is 0.0473. The Labute approximate surface area is 108 Å². The third kappa shape index (κ3) is 3.57. The minimum Gasteiger partial charge on any atom is -0.461 e. The van der Waals surface area contributed by atoms with Gasteiger partial charge in [0.2, 0.25) is 0 Å². The van der Waals surface area contributed by atoms with Crippen LogP contribution < -0.4 is 0 Å². The summed E-state index contributed by atoms with van der Waals surface area (Å²) in [6, 6.07) is 9.69. The van der Waals surface area contributed by atoms with Crippen LogP contribution in [0.5, 0.6) is 0 Å². The van der Waals surface area contributed by atoms with Gasteiger partial charge in [-0.2, -0.15) is 0 Å². The van der Waals surface area contributed by atoms with E-state index in [4.69, 9.17) is 4.74 Å². The summed E-state index contributed by atoms with van der Waals surface area (Å²) in [4.78, 5) is 11.9. The Kier molecular flexibility index (Phi) is 4.02. The van der Waals surface area contributed by atoms with Crippen LogP contribution in [0.15, 0.2) is 30.3 Å². The van der Waals surface area contributed by atoms with Gasteiger partial charge in [0.1, 0.15) is 6.61 Å². The number of ether oxygens (including phenoxy) is 1. The highest BCUT2D eigenvalue weighted by atomic mass is 16.5. The van der Waals surface area contributed by atoms with Crippen molar-refractivity contribution in [2.24, 2.45) is 5.92 Å². The molecule has 0 aromatic heterocycles. The molecule has 3 nitrogen and oxygen atoms in total. The first-order valence-electron chi connectivity index (χ1n) is 6.50. The SMILES string of the molecule is C[C@]1(O)CC[C@H](C(=O)OCc2ccccc2)CC1. The van der Waals surface area contributed by atoms with E-state index in [0.717, 1.165) is 18.4 Å². The van der Waals surface area contributed by atoms with Gasteiger partial charge < -0.3 is 9.84 Å². The number of benzene rings is 1. The quantitative estimate of drug-likeness (QED) is 0.836. The molecule has 1 aromatic carbocycles. The molecule has 1 saturated carbocycles. The van der Waals surface area contributed by atoms with Gasteiger partial charge in [-0.25, -0.2) is 0 Å². The Morgan fingerprint density at radius 2 is 1.94 bits per heavy atom. The van der Waals surface area contributed by atoms with Crippen molar-refractivity contribution >= 4 is 5.97 Å². The van der Waals surface area contributed by atoms with Gasteiger partial charge in [0.25, 0.3) is 0 Å². The first-order valence-corrected chi connectivity index (χ1v) is 6.50. The van der Waals surface area contributed by atoms with E-state index < -0.39 is 5.60 Å². The van der Waals surface area contributed by atoms with E-state index in [-0.39, 0.29) is 11.9 Å². The normalized spacial score (nSPS) is 27.8. The summed E-state index contributed by atoms with van der Waals surface area (Å²) in [5.74, 6) is -0.178. The Hall–Kier alpha value is -1.35. The monoisotopic (exact) mass is 248 g/mol. The molecule has 98 valence electrons. The minimum atomic E-state index is -0.601. The molecule has 0 atom stereocenters. The molecule has 1 aliphatic carbocycles. The zero-order valence-corrected chi connectivity index (χ0v) is 10.8. The molecule has 0 spiro atoms. The predicted octanol–water partition coefficient (Wildman–Crippen LogP) is 2.67. The van der Waals surface area contributed by atoms with Gasteiger partial charge in [0.15, 0.2) is 0 Å². The zero-order chi connectivity index (χ0) is 13.0. The Bertz CT molecular complexity index is 387. The molecule has 0 radical (unpaired) electrons. The molecule has 1 N–H and O–H groups in total. The number of carbonyl (C=O) groups is 1. The van der Waals surface area contributed by atoms with Gasteiger partial charge in [-0.15, -0.1) is 0 Å². The molecule has 18 heavy (non-hydrogen) atoms. The van der Waals surface area contributed by atoms with Crippen LogP contribution in [0.3, 0.4) is 0 Å². The molecule has 1 aromatic rings. The van der Waals surface area contributed by atoms with Gasteiger partial charge in [-0.1, -0.05) is 30.3 Å². The van der Waals surface area contributed by atoms with Crippen LogP contribution in [0.2, 0.25) is 0 Å². The molecular weight excluding hydrogens is 228 g/mol. The molecule has 3 heteroatoms. The second kappa shape index (κ2) is 5.53. The Morgan fingerprint density at radius 1 is 1.33 bits per heavy atom. The molecular formula is C15H20O3. The van der Waals surface area contributed by atoms with Crippen molar-refractivity contribution in [3.8, 4) is 0 Å². The Morgan fingerprint density at radius 3 is 2.56 bits per heavy atom. The van der Waals surface area contributed by atoms with Crippen LogP contribution >= 0.6 is 0 Å². The Balaban J connectivity index is 1.79. The maximum Gasteiger partial charge on any atom is 0.309 e. The molecule has 0 unspecified atom stereocenters. The molecule has 2 rings (SSSR count). The van der Waals surface area contributed by atoms with Gasteiger partial charge in [-0.05, 0) is 38.2 Å². The van der Waals surface area contributed by atoms with Crippen molar-refractivity contribution < 1.29 is 14.6 Å². The summed E-state index contributed by atoms with van der Waals surface area (Å²) in [6.07, 6.45) is 2.80. The van der Waals surface area contributed by atoms with Crippen molar-refractivity contribution in [3.63, 3.8) is 0 Å². The lowest BCUT2D eigenvalue weighted by atomic mass is 9.80. The van der Waals surface area contributed by atoms with Crippen LogP contribution in [-0.2, 0) is 16.1 Å². The average molecular weight is 248 g/mol. The lowest BCUT2D eigenvalue weighted by Gasteiger charge is -2.31. The van der Waals surface area contributed by atoms with Crippen LogP contribution in [0.4, 0.5) is 0 Å². The topological polar surface area (TPSA) is 46.5 Å². The van der Waals surface area contributed by atoms with E-state index in [9.17, 15) is 9.90 Å². The number of rotatable bonds is 3. The summed E-state index contributed by atoms with van der Waals surface area (Å²) >= 11 is 0. The van der Waals surface area contributed by atoms with E-state index in [1.807, 2.05) is 37.3 Å². The first kappa shape index (κ1) is 13.1. The van der Waals surface area contributed by atoms with Crippen LogP contribution in [0.25, 0.3) is 0 Å². The fraction of sp³-hybridized carbons (Fsp3) is 0.533. The fourth-order valence-corrected chi connectivity index (χ4v) is 2.32. The smallest absolute Gasteiger partial charge is 0.309 e. The summed E-state index contributed by atoms with van der Waals surface area (Å²) < 4.78 is 5.32. The number of esters is 1. The van der Waals surface area contributed by atoms with Gasteiger partial charge in [0.05, 0.1) is 11.5 Å². The molecule has 0 saturated heterocycles. The van der Waals surface area contributed by atoms with E-state index in [0.29, 0.717) is 19.4 Å². The number of hydrogen-bond donors (Lipinski definition) is 1. The van der Waals surface area contributed by atoms with E-state index in [1.165, 1.54) is 0 Å². The number of aliphatic hydroxyl groups is 1. The van der Waals surface area contributed by atoms with Crippen LogP contribution in [0, 0.1) is 5.92 Å². The number of hydrogen-bond acceptors (Lipinski definition) is 3. The molecule has 0 heterocycles. The molecule has 1 aliphatic rings. The highest BCUT2D eigenvalue weighted by Gasteiger charge is 2.32. The summed E-state index contributed by atoms with van der Waals surface area (Å²) in [6.45, 7) is 2.17. The van der Waals surface area contributed by atoms with Gasteiger partial charge in [0, 0.05) is 0 Å². The summed E-state index contributed by atoms with van der Waals surface area (Å²) in [5.41, 5.74) is 0.407. The third-order valence-electron chi connectivity index (χ3n) is 3.62. The highest BCUT2D eigenvalue weighted by molar-refractivity contribution is 5.72. The second-order valence-corrected chi connectivity index (χ2v) is 5.36. The van der Waals surface area contributed by atoms with E-state index in [1.54, 1.807) is 0 Å². The lowest BCUT2D eigenvalue weighted by Crippen LogP contribution is -2.33. The molecule has 0 aliphatic heterocycles. The standard InChI is InChI=1S/C15H20O3/c1-15(17)9-7-13(8-10-15)14(16)18-11-12-5-3-2-4-6-12/h2-6,13,17H,7-11H2,1H3/t13-,15-.